The Labute approximate surface area is 88.6 Å². The highest BCUT2D eigenvalue weighted by atomic mass is 16.5. The lowest BCUT2D eigenvalue weighted by Crippen LogP contribution is -2.47. The topological polar surface area (TPSA) is 50.4 Å². The number of methoxy groups -OCH3 is 1. The predicted octanol–water partition coefficient (Wildman–Crippen LogP) is 0.456. The maximum atomic E-state index is 11.5. The second-order valence-electron chi connectivity index (χ2n) is 3.45. The lowest BCUT2D eigenvalue weighted by atomic mass is 10.0. The van der Waals surface area contributed by atoms with Crippen molar-refractivity contribution < 1.29 is 9.53 Å². The summed E-state index contributed by atoms with van der Waals surface area (Å²) in [5.74, 6) is 0.835. The van der Waals surface area contributed by atoms with Crippen LogP contribution in [0.1, 0.15) is 11.6 Å². The zero-order valence-electron chi connectivity index (χ0n) is 8.62. The van der Waals surface area contributed by atoms with Gasteiger partial charge in [0.2, 0.25) is 5.91 Å². The van der Waals surface area contributed by atoms with Gasteiger partial charge in [-0.25, -0.2) is 0 Å². The maximum absolute atomic E-state index is 11.5. The highest BCUT2D eigenvalue weighted by Crippen LogP contribution is 2.18. The number of hydrogen-bond donors (Lipinski definition) is 2. The van der Waals surface area contributed by atoms with Crippen molar-refractivity contribution in [3.05, 3.63) is 29.8 Å². The molecule has 4 heteroatoms. The van der Waals surface area contributed by atoms with Crippen LogP contribution in [0.15, 0.2) is 24.3 Å². The van der Waals surface area contributed by atoms with Gasteiger partial charge >= 0.3 is 0 Å². The number of hydrogen-bond acceptors (Lipinski definition) is 3. The van der Waals surface area contributed by atoms with E-state index in [1.54, 1.807) is 7.11 Å². The van der Waals surface area contributed by atoms with Gasteiger partial charge in [0.15, 0.2) is 0 Å². The van der Waals surface area contributed by atoms with Gasteiger partial charge in [0.1, 0.15) is 11.8 Å². The van der Waals surface area contributed by atoms with Gasteiger partial charge in [-0.1, -0.05) is 12.1 Å². The number of benzene rings is 1. The second kappa shape index (κ2) is 4.31. The quantitative estimate of drug-likeness (QED) is 0.739. The third-order valence-electron chi connectivity index (χ3n) is 2.48. The van der Waals surface area contributed by atoms with Crippen LogP contribution >= 0.6 is 0 Å². The molecule has 1 aromatic rings. The molecule has 1 fully saturated rings. The fourth-order valence-electron chi connectivity index (χ4n) is 1.66. The Morgan fingerprint density at radius 3 is 2.60 bits per heavy atom. The highest BCUT2D eigenvalue weighted by molar-refractivity contribution is 5.83. The average Bonchev–Trinajstić information content (AvgIpc) is 2.30. The minimum atomic E-state index is -0.232. The third kappa shape index (κ3) is 2.10. The first kappa shape index (κ1) is 9.98. The number of amides is 1. The Morgan fingerprint density at radius 2 is 2.00 bits per heavy atom. The van der Waals surface area contributed by atoms with E-state index in [9.17, 15) is 4.79 Å². The molecular formula is C11H14N2O2. The summed E-state index contributed by atoms with van der Waals surface area (Å²) >= 11 is 0. The molecule has 1 heterocycles. The molecule has 1 aliphatic heterocycles. The highest BCUT2D eigenvalue weighted by Gasteiger charge is 2.22. The first-order valence-electron chi connectivity index (χ1n) is 4.96. The molecule has 0 aromatic heterocycles. The Balaban J connectivity index is 2.17. The molecule has 0 unspecified atom stereocenters. The molecule has 15 heavy (non-hydrogen) atoms. The summed E-state index contributed by atoms with van der Waals surface area (Å²) in [4.78, 5) is 11.5. The summed E-state index contributed by atoms with van der Waals surface area (Å²) < 4.78 is 5.06. The van der Waals surface area contributed by atoms with Crippen LogP contribution in [-0.2, 0) is 4.79 Å². The van der Waals surface area contributed by atoms with Gasteiger partial charge in [0.05, 0.1) is 7.11 Å². The van der Waals surface area contributed by atoms with Crippen molar-refractivity contribution in [3.8, 4) is 5.75 Å². The molecule has 1 saturated heterocycles. The molecular weight excluding hydrogens is 192 g/mol. The average molecular weight is 206 g/mol. The molecule has 0 aliphatic carbocycles. The summed E-state index contributed by atoms with van der Waals surface area (Å²) in [7, 11) is 1.63. The minimum Gasteiger partial charge on any atom is -0.497 e. The molecule has 0 bridgehead atoms. The summed E-state index contributed by atoms with van der Waals surface area (Å²) in [5.41, 5.74) is 0.966. The fraction of sp³-hybridized carbons (Fsp3) is 0.364. The van der Waals surface area contributed by atoms with Gasteiger partial charge in [-0.05, 0) is 17.7 Å². The molecule has 1 atom stereocenters. The summed E-state index contributed by atoms with van der Waals surface area (Å²) in [6, 6.07) is 7.30. The van der Waals surface area contributed by atoms with Crippen molar-refractivity contribution in [1.82, 2.24) is 10.6 Å². The molecule has 1 aromatic carbocycles. The fourth-order valence-corrected chi connectivity index (χ4v) is 1.66. The predicted molar refractivity (Wildman–Crippen MR) is 56.7 cm³/mol. The van der Waals surface area contributed by atoms with Gasteiger partial charge in [0.25, 0.3) is 0 Å². The lowest BCUT2D eigenvalue weighted by Gasteiger charge is -2.23. The standard InChI is InChI=1S/C11H14N2O2/c1-15-9-4-2-8(3-5-9)10-11(14)13-7-6-12-10/h2-5,10,12H,6-7H2,1H3,(H,13,14)/t10-/m1/s1. The van der Waals surface area contributed by atoms with E-state index < -0.39 is 0 Å². The van der Waals surface area contributed by atoms with E-state index in [-0.39, 0.29) is 11.9 Å². The normalized spacial score (nSPS) is 20.9. The van der Waals surface area contributed by atoms with Crippen LogP contribution in [0.4, 0.5) is 0 Å². The number of rotatable bonds is 2. The second-order valence-corrected chi connectivity index (χ2v) is 3.45. The Morgan fingerprint density at radius 1 is 1.27 bits per heavy atom. The van der Waals surface area contributed by atoms with Gasteiger partial charge in [0, 0.05) is 13.1 Å². The number of piperazine rings is 1. The minimum absolute atomic E-state index is 0.0337. The summed E-state index contributed by atoms with van der Waals surface area (Å²) in [6.07, 6.45) is 0. The maximum Gasteiger partial charge on any atom is 0.241 e. The first-order valence-corrected chi connectivity index (χ1v) is 4.96. The van der Waals surface area contributed by atoms with Gasteiger partial charge in [-0.2, -0.15) is 0 Å². The van der Waals surface area contributed by atoms with Crippen molar-refractivity contribution >= 4 is 5.91 Å². The zero-order chi connectivity index (χ0) is 10.7. The smallest absolute Gasteiger partial charge is 0.241 e. The van der Waals surface area contributed by atoms with E-state index in [4.69, 9.17) is 4.74 Å². The number of ether oxygens (including phenoxy) is 1. The Kier molecular flexibility index (Phi) is 2.87. The Bertz CT molecular complexity index is 348. The molecule has 4 nitrogen and oxygen atoms in total. The van der Waals surface area contributed by atoms with Crippen LogP contribution in [0.3, 0.4) is 0 Å². The van der Waals surface area contributed by atoms with E-state index in [1.807, 2.05) is 24.3 Å². The third-order valence-corrected chi connectivity index (χ3v) is 2.48. The summed E-state index contributed by atoms with van der Waals surface area (Å²) in [5, 5.41) is 6.00. The van der Waals surface area contributed by atoms with E-state index in [2.05, 4.69) is 10.6 Å². The molecule has 80 valence electrons. The van der Waals surface area contributed by atoms with Crippen molar-refractivity contribution in [1.29, 1.82) is 0 Å². The SMILES string of the molecule is COc1ccc([C@H]2NCCNC2=O)cc1. The molecule has 0 saturated carbocycles. The van der Waals surface area contributed by atoms with Crippen molar-refractivity contribution in [2.24, 2.45) is 0 Å². The lowest BCUT2D eigenvalue weighted by molar-refractivity contribution is -0.124. The molecule has 2 rings (SSSR count). The van der Waals surface area contributed by atoms with Crippen LogP contribution in [0.5, 0.6) is 5.75 Å². The van der Waals surface area contributed by atoms with E-state index >= 15 is 0 Å². The van der Waals surface area contributed by atoms with E-state index in [0.717, 1.165) is 17.9 Å². The monoisotopic (exact) mass is 206 g/mol. The van der Waals surface area contributed by atoms with Crippen LogP contribution in [-0.4, -0.2) is 26.1 Å². The van der Waals surface area contributed by atoms with Crippen molar-refractivity contribution in [2.45, 2.75) is 6.04 Å². The van der Waals surface area contributed by atoms with Crippen LogP contribution in [0.25, 0.3) is 0 Å². The Hall–Kier alpha value is -1.55. The molecule has 0 spiro atoms. The van der Waals surface area contributed by atoms with Gasteiger partial charge < -0.3 is 15.4 Å². The number of carbonyl (C=O) groups is 1. The molecule has 0 radical (unpaired) electrons. The van der Waals surface area contributed by atoms with Crippen LogP contribution < -0.4 is 15.4 Å². The van der Waals surface area contributed by atoms with Crippen LogP contribution in [0.2, 0.25) is 0 Å². The van der Waals surface area contributed by atoms with E-state index in [0.29, 0.717) is 6.54 Å². The van der Waals surface area contributed by atoms with Crippen LogP contribution in [0, 0.1) is 0 Å². The largest absolute Gasteiger partial charge is 0.497 e. The zero-order valence-corrected chi connectivity index (χ0v) is 8.62. The molecule has 1 amide bonds. The van der Waals surface area contributed by atoms with Crippen molar-refractivity contribution in [2.75, 3.05) is 20.2 Å². The van der Waals surface area contributed by atoms with E-state index in [1.165, 1.54) is 0 Å². The first-order chi connectivity index (χ1) is 7.31. The van der Waals surface area contributed by atoms with Crippen molar-refractivity contribution in [3.63, 3.8) is 0 Å². The van der Waals surface area contributed by atoms with Gasteiger partial charge in [-0.3, -0.25) is 4.79 Å². The molecule has 2 N–H and O–H groups in total. The number of nitrogens with one attached hydrogen (secondary N) is 2. The molecule has 1 aliphatic rings. The number of carbonyl (C=O) groups excluding carboxylic acids is 1. The summed E-state index contributed by atoms with van der Waals surface area (Å²) in [6.45, 7) is 1.51. The van der Waals surface area contributed by atoms with Gasteiger partial charge in [-0.15, -0.1) is 0 Å².